The number of aryl methyl sites for hydroxylation is 1. The average Bonchev–Trinajstić information content (AvgIpc) is 2.87. The predicted molar refractivity (Wildman–Crippen MR) is 74.6 cm³/mol. The zero-order chi connectivity index (χ0) is 13.4. The maximum atomic E-state index is 6.05. The summed E-state index contributed by atoms with van der Waals surface area (Å²) in [4.78, 5) is 4.34. The van der Waals surface area contributed by atoms with E-state index in [0.29, 0.717) is 5.82 Å². The summed E-state index contributed by atoms with van der Waals surface area (Å²) in [5.41, 5.74) is 9.90. The van der Waals surface area contributed by atoms with Gasteiger partial charge < -0.3 is 15.2 Å². The van der Waals surface area contributed by atoms with E-state index in [2.05, 4.69) is 11.1 Å². The van der Waals surface area contributed by atoms with Gasteiger partial charge in [0.15, 0.2) is 0 Å². The summed E-state index contributed by atoms with van der Waals surface area (Å²) in [6.07, 6.45) is 0.944. The number of pyridine rings is 1. The molecule has 19 heavy (non-hydrogen) atoms. The second-order valence-electron chi connectivity index (χ2n) is 4.60. The van der Waals surface area contributed by atoms with Crippen molar-refractivity contribution in [3.05, 3.63) is 35.5 Å². The molecule has 2 N–H and O–H groups in total. The van der Waals surface area contributed by atoms with Crippen molar-refractivity contribution in [1.82, 2.24) is 4.98 Å². The van der Waals surface area contributed by atoms with Crippen LogP contribution in [0.5, 0.6) is 11.5 Å². The van der Waals surface area contributed by atoms with Crippen LogP contribution in [0.2, 0.25) is 0 Å². The van der Waals surface area contributed by atoms with E-state index in [9.17, 15) is 0 Å². The summed E-state index contributed by atoms with van der Waals surface area (Å²) in [7, 11) is 1.63. The normalized spacial score (nSPS) is 12.9. The van der Waals surface area contributed by atoms with Crippen molar-refractivity contribution >= 4 is 5.82 Å². The van der Waals surface area contributed by atoms with Crippen molar-refractivity contribution in [3.8, 4) is 22.6 Å². The summed E-state index contributed by atoms with van der Waals surface area (Å²) in [6, 6.07) is 8.04. The number of rotatable bonds is 2. The van der Waals surface area contributed by atoms with Crippen LogP contribution in [-0.4, -0.2) is 18.7 Å². The van der Waals surface area contributed by atoms with Crippen molar-refractivity contribution < 1.29 is 9.47 Å². The molecule has 0 amide bonds. The molecule has 2 aromatic rings. The molecule has 1 aromatic carbocycles. The van der Waals surface area contributed by atoms with E-state index in [1.807, 2.05) is 25.1 Å². The molecule has 0 aliphatic carbocycles. The van der Waals surface area contributed by atoms with E-state index in [4.69, 9.17) is 15.2 Å². The predicted octanol–water partition coefficient (Wildman–Crippen LogP) is 2.58. The van der Waals surface area contributed by atoms with Crippen LogP contribution in [-0.2, 0) is 6.42 Å². The highest BCUT2D eigenvalue weighted by atomic mass is 16.5. The Morgan fingerprint density at radius 3 is 2.95 bits per heavy atom. The monoisotopic (exact) mass is 256 g/mol. The van der Waals surface area contributed by atoms with Crippen LogP contribution in [0.4, 0.5) is 5.82 Å². The number of benzene rings is 1. The number of ether oxygens (including phenoxy) is 2. The molecule has 1 aliphatic heterocycles. The van der Waals surface area contributed by atoms with Gasteiger partial charge in [0.25, 0.3) is 0 Å². The summed E-state index contributed by atoms with van der Waals surface area (Å²) in [5.74, 6) is 2.16. The smallest absolute Gasteiger partial charge is 0.140 e. The lowest BCUT2D eigenvalue weighted by atomic mass is 10.0. The second-order valence-corrected chi connectivity index (χ2v) is 4.60. The largest absolute Gasteiger partial charge is 0.495 e. The van der Waals surface area contributed by atoms with Crippen molar-refractivity contribution in [2.45, 2.75) is 13.3 Å². The standard InChI is InChI=1S/C15H16N2O2/c1-9-13(18-2)8-12(15(16)17-9)11-5-3-4-10-6-7-19-14(10)11/h3-5,8H,6-7H2,1-2H3,(H2,16,17). The van der Waals surface area contributed by atoms with E-state index in [1.54, 1.807) is 7.11 Å². The zero-order valence-electron chi connectivity index (χ0n) is 11.1. The van der Waals surface area contributed by atoms with Crippen molar-refractivity contribution in [3.63, 3.8) is 0 Å². The van der Waals surface area contributed by atoms with Crippen LogP contribution in [0, 0.1) is 6.92 Å². The third-order valence-corrected chi connectivity index (χ3v) is 3.42. The van der Waals surface area contributed by atoms with Gasteiger partial charge in [-0.1, -0.05) is 18.2 Å². The molecule has 3 rings (SSSR count). The van der Waals surface area contributed by atoms with Crippen LogP contribution in [0.3, 0.4) is 0 Å². The topological polar surface area (TPSA) is 57.4 Å². The highest BCUT2D eigenvalue weighted by molar-refractivity contribution is 5.81. The maximum Gasteiger partial charge on any atom is 0.140 e. The number of aromatic nitrogens is 1. The van der Waals surface area contributed by atoms with E-state index < -0.39 is 0 Å². The Labute approximate surface area is 112 Å². The molecule has 0 atom stereocenters. The number of anilines is 1. The van der Waals surface area contributed by atoms with Crippen molar-refractivity contribution in [2.24, 2.45) is 0 Å². The van der Waals surface area contributed by atoms with Crippen molar-refractivity contribution in [1.29, 1.82) is 0 Å². The first-order valence-electron chi connectivity index (χ1n) is 6.27. The Morgan fingerprint density at radius 1 is 1.32 bits per heavy atom. The number of methoxy groups -OCH3 is 1. The minimum atomic E-state index is 0.502. The number of fused-ring (bicyclic) bond motifs is 1. The molecule has 1 aliphatic rings. The molecule has 4 nitrogen and oxygen atoms in total. The molecule has 0 saturated carbocycles. The van der Waals surface area contributed by atoms with Gasteiger partial charge in [-0.15, -0.1) is 0 Å². The van der Waals surface area contributed by atoms with Crippen LogP contribution in [0.1, 0.15) is 11.3 Å². The first kappa shape index (κ1) is 11.8. The summed E-state index contributed by atoms with van der Waals surface area (Å²) in [6.45, 7) is 2.60. The van der Waals surface area contributed by atoms with Crippen LogP contribution < -0.4 is 15.2 Å². The lowest BCUT2D eigenvalue weighted by molar-refractivity contribution is 0.358. The molecule has 0 fully saturated rings. The third-order valence-electron chi connectivity index (χ3n) is 3.42. The number of hydrogen-bond acceptors (Lipinski definition) is 4. The number of para-hydroxylation sites is 1. The number of nitrogen functional groups attached to an aromatic ring is 1. The molecule has 1 aromatic heterocycles. The first-order valence-corrected chi connectivity index (χ1v) is 6.27. The van der Waals surface area contributed by atoms with Gasteiger partial charge in [-0.2, -0.15) is 0 Å². The lowest BCUT2D eigenvalue weighted by Gasteiger charge is -2.13. The Morgan fingerprint density at radius 2 is 2.16 bits per heavy atom. The fraction of sp³-hybridized carbons (Fsp3) is 0.267. The Balaban J connectivity index is 2.20. The van der Waals surface area contributed by atoms with Gasteiger partial charge in [0.2, 0.25) is 0 Å². The number of nitrogens with zero attached hydrogens (tertiary/aromatic N) is 1. The molecular weight excluding hydrogens is 240 g/mol. The molecule has 0 unspecified atom stereocenters. The van der Waals surface area contributed by atoms with Gasteiger partial charge in [-0.3, -0.25) is 0 Å². The second kappa shape index (κ2) is 4.46. The highest BCUT2D eigenvalue weighted by Gasteiger charge is 2.19. The quantitative estimate of drug-likeness (QED) is 0.897. The molecular formula is C15H16N2O2. The zero-order valence-corrected chi connectivity index (χ0v) is 11.1. The van der Waals surface area contributed by atoms with Crippen LogP contribution >= 0.6 is 0 Å². The van der Waals surface area contributed by atoms with Gasteiger partial charge in [-0.05, 0) is 18.6 Å². The molecule has 0 radical (unpaired) electrons. The molecule has 0 spiro atoms. The molecule has 0 bridgehead atoms. The molecule has 2 heterocycles. The number of nitrogens with two attached hydrogens (primary N) is 1. The SMILES string of the molecule is COc1cc(-c2cccc3c2OCC3)c(N)nc1C. The summed E-state index contributed by atoms with van der Waals surface area (Å²) in [5, 5.41) is 0. The van der Waals surface area contributed by atoms with E-state index in [0.717, 1.165) is 41.3 Å². The fourth-order valence-corrected chi connectivity index (χ4v) is 2.46. The highest BCUT2D eigenvalue weighted by Crippen LogP contribution is 2.40. The van der Waals surface area contributed by atoms with Gasteiger partial charge >= 0.3 is 0 Å². The minimum absolute atomic E-state index is 0.502. The van der Waals surface area contributed by atoms with E-state index >= 15 is 0 Å². The van der Waals surface area contributed by atoms with Gasteiger partial charge in [0, 0.05) is 17.5 Å². The van der Waals surface area contributed by atoms with Gasteiger partial charge in [-0.25, -0.2) is 4.98 Å². The van der Waals surface area contributed by atoms with Crippen LogP contribution in [0.15, 0.2) is 24.3 Å². The average molecular weight is 256 g/mol. The van der Waals surface area contributed by atoms with Crippen molar-refractivity contribution in [2.75, 3.05) is 19.5 Å². The number of hydrogen-bond donors (Lipinski definition) is 1. The third kappa shape index (κ3) is 1.89. The lowest BCUT2D eigenvalue weighted by Crippen LogP contribution is -2.00. The molecule has 0 saturated heterocycles. The minimum Gasteiger partial charge on any atom is -0.495 e. The van der Waals surface area contributed by atoms with Gasteiger partial charge in [0.05, 0.1) is 19.4 Å². The summed E-state index contributed by atoms with van der Waals surface area (Å²) >= 11 is 0. The fourth-order valence-electron chi connectivity index (χ4n) is 2.46. The van der Waals surface area contributed by atoms with Crippen LogP contribution in [0.25, 0.3) is 11.1 Å². The first-order chi connectivity index (χ1) is 9.20. The Hall–Kier alpha value is -2.23. The van der Waals surface area contributed by atoms with Gasteiger partial charge in [0.1, 0.15) is 17.3 Å². The molecule has 98 valence electrons. The maximum absolute atomic E-state index is 6.05. The van der Waals surface area contributed by atoms with E-state index in [1.165, 1.54) is 5.56 Å². The Bertz CT molecular complexity index is 638. The summed E-state index contributed by atoms with van der Waals surface area (Å²) < 4.78 is 11.0. The van der Waals surface area contributed by atoms with E-state index in [-0.39, 0.29) is 0 Å². The molecule has 4 heteroatoms. The Kier molecular flexibility index (Phi) is 2.78.